The highest BCUT2D eigenvalue weighted by Gasteiger charge is 2.37. The molecule has 1 aromatic carbocycles. The fourth-order valence-corrected chi connectivity index (χ4v) is 1.68. The number of halogens is 3. The first kappa shape index (κ1) is 15.8. The second-order valence-corrected chi connectivity index (χ2v) is 4.50. The van der Waals surface area contributed by atoms with Crippen LogP contribution in [0.2, 0.25) is 0 Å². The van der Waals surface area contributed by atoms with Crippen LogP contribution in [0.1, 0.15) is 44.2 Å². The summed E-state index contributed by atoms with van der Waals surface area (Å²) in [6.07, 6.45) is -0.0273. The monoisotopic (exact) mass is 275 g/mol. The van der Waals surface area contributed by atoms with Gasteiger partial charge < -0.3 is 10.5 Å². The third-order valence-electron chi connectivity index (χ3n) is 2.86. The zero-order valence-corrected chi connectivity index (χ0v) is 11.0. The molecule has 1 rings (SSSR count). The summed E-state index contributed by atoms with van der Waals surface area (Å²) >= 11 is 0. The number of alkyl halides is 3. The van der Waals surface area contributed by atoms with E-state index in [1.807, 2.05) is 0 Å². The summed E-state index contributed by atoms with van der Waals surface area (Å²) in [7, 11) is 0. The molecule has 0 fully saturated rings. The van der Waals surface area contributed by atoms with Gasteiger partial charge in [-0.05, 0) is 24.1 Å². The van der Waals surface area contributed by atoms with Crippen molar-refractivity contribution in [3.05, 3.63) is 29.8 Å². The zero-order chi connectivity index (χ0) is 14.3. The number of hydrogen-bond donors (Lipinski definition) is 1. The van der Waals surface area contributed by atoms with Gasteiger partial charge in [0, 0.05) is 0 Å². The molecule has 19 heavy (non-hydrogen) atoms. The van der Waals surface area contributed by atoms with E-state index < -0.39 is 12.2 Å². The Morgan fingerprint density at radius 2 is 1.74 bits per heavy atom. The third-order valence-corrected chi connectivity index (χ3v) is 2.86. The van der Waals surface area contributed by atoms with Crippen molar-refractivity contribution in [1.29, 1.82) is 0 Å². The molecule has 1 aromatic rings. The van der Waals surface area contributed by atoms with E-state index in [0.717, 1.165) is 19.3 Å². The van der Waals surface area contributed by atoms with E-state index in [1.54, 1.807) is 0 Å². The van der Waals surface area contributed by atoms with Gasteiger partial charge in [-0.1, -0.05) is 38.3 Å². The van der Waals surface area contributed by atoms with Crippen LogP contribution in [0.15, 0.2) is 24.3 Å². The van der Waals surface area contributed by atoms with E-state index in [4.69, 9.17) is 10.5 Å². The molecule has 0 aromatic heterocycles. The van der Waals surface area contributed by atoms with Crippen molar-refractivity contribution < 1.29 is 17.9 Å². The Hall–Kier alpha value is -1.23. The molecule has 0 radical (unpaired) electrons. The molecule has 0 amide bonds. The number of unbranched alkanes of at least 4 members (excludes halogenated alkanes) is 3. The minimum Gasteiger partial charge on any atom is -0.494 e. The van der Waals surface area contributed by atoms with Crippen LogP contribution in [-0.2, 0) is 0 Å². The van der Waals surface area contributed by atoms with Crippen molar-refractivity contribution in [3.8, 4) is 5.75 Å². The molecule has 0 saturated heterocycles. The summed E-state index contributed by atoms with van der Waals surface area (Å²) < 4.78 is 42.7. The molecule has 0 unspecified atom stereocenters. The first-order chi connectivity index (χ1) is 8.95. The average Bonchev–Trinajstić information content (AvgIpc) is 2.37. The number of benzene rings is 1. The van der Waals surface area contributed by atoms with Gasteiger partial charge in [0.25, 0.3) is 0 Å². The van der Waals surface area contributed by atoms with Gasteiger partial charge in [-0.3, -0.25) is 0 Å². The Morgan fingerprint density at radius 1 is 1.11 bits per heavy atom. The maximum absolute atomic E-state index is 12.4. The molecule has 108 valence electrons. The van der Waals surface area contributed by atoms with Crippen LogP contribution in [0.25, 0.3) is 0 Å². The topological polar surface area (TPSA) is 35.2 Å². The van der Waals surface area contributed by atoms with E-state index in [1.165, 1.54) is 30.7 Å². The quantitative estimate of drug-likeness (QED) is 0.757. The Bertz CT molecular complexity index is 362. The highest BCUT2D eigenvalue weighted by atomic mass is 19.4. The maximum Gasteiger partial charge on any atom is 0.407 e. The van der Waals surface area contributed by atoms with Crippen LogP contribution in [-0.4, -0.2) is 12.8 Å². The molecular formula is C14H20F3NO. The molecule has 0 bridgehead atoms. The first-order valence-corrected chi connectivity index (χ1v) is 6.50. The fraction of sp³-hybridized carbons (Fsp3) is 0.571. The molecule has 2 N–H and O–H groups in total. The van der Waals surface area contributed by atoms with Gasteiger partial charge in [-0.15, -0.1) is 0 Å². The Labute approximate surface area is 111 Å². The minimum absolute atomic E-state index is 0.0471. The van der Waals surface area contributed by atoms with Crippen LogP contribution in [0, 0.1) is 0 Å². The Kier molecular flexibility index (Phi) is 6.15. The average molecular weight is 275 g/mol. The summed E-state index contributed by atoms with van der Waals surface area (Å²) in [4.78, 5) is 0. The smallest absolute Gasteiger partial charge is 0.407 e. The van der Waals surface area contributed by atoms with Crippen LogP contribution in [0.5, 0.6) is 5.75 Å². The van der Waals surface area contributed by atoms with Crippen molar-refractivity contribution in [2.24, 2.45) is 5.73 Å². The highest BCUT2D eigenvalue weighted by molar-refractivity contribution is 5.29. The lowest BCUT2D eigenvalue weighted by atomic mass is 10.1. The Morgan fingerprint density at radius 3 is 2.26 bits per heavy atom. The van der Waals surface area contributed by atoms with Crippen LogP contribution < -0.4 is 10.5 Å². The number of nitrogens with two attached hydrogens (primary N) is 1. The zero-order valence-electron chi connectivity index (χ0n) is 11.0. The molecule has 5 heteroatoms. The Balaban J connectivity index is 2.44. The predicted molar refractivity (Wildman–Crippen MR) is 69.1 cm³/mol. The van der Waals surface area contributed by atoms with Crippen molar-refractivity contribution in [2.75, 3.05) is 6.61 Å². The lowest BCUT2D eigenvalue weighted by molar-refractivity contribution is -0.149. The highest BCUT2D eigenvalue weighted by Crippen LogP contribution is 2.31. The normalized spacial score (nSPS) is 13.3. The summed E-state index contributed by atoms with van der Waals surface area (Å²) in [6, 6.07) is 3.84. The number of rotatable bonds is 7. The molecule has 2 nitrogen and oxygen atoms in total. The van der Waals surface area contributed by atoms with E-state index in [-0.39, 0.29) is 5.56 Å². The molecule has 1 atom stereocenters. The van der Waals surface area contributed by atoms with E-state index in [0.29, 0.717) is 12.4 Å². The summed E-state index contributed by atoms with van der Waals surface area (Å²) in [5.41, 5.74) is 5.16. The number of hydrogen-bond acceptors (Lipinski definition) is 2. The predicted octanol–water partition coefficient (Wildman–Crippen LogP) is 4.21. The molecule has 0 heterocycles. The van der Waals surface area contributed by atoms with Gasteiger partial charge in [0.2, 0.25) is 0 Å². The molecule has 0 saturated carbocycles. The van der Waals surface area contributed by atoms with Gasteiger partial charge in [-0.25, -0.2) is 0 Å². The van der Waals surface area contributed by atoms with Crippen molar-refractivity contribution in [2.45, 2.75) is 44.8 Å². The second-order valence-electron chi connectivity index (χ2n) is 4.50. The lowest BCUT2D eigenvalue weighted by Gasteiger charge is -2.16. The summed E-state index contributed by atoms with van der Waals surface area (Å²) in [6.45, 7) is 2.72. The summed E-state index contributed by atoms with van der Waals surface area (Å²) in [5, 5.41) is 0. The van der Waals surface area contributed by atoms with Crippen LogP contribution in [0.3, 0.4) is 0 Å². The third kappa shape index (κ3) is 5.51. The van der Waals surface area contributed by atoms with Gasteiger partial charge >= 0.3 is 6.18 Å². The standard InChI is InChI=1S/C14H20F3NO/c1-2-3-4-5-10-19-12-8-6-11(7-9-12)13(18)14(15,16)17/h6-9,13H,2-5,10,18H2,1H3/t13-/m0/s1. The molecular weight excluding hydrogens is 255 g/mol. The van der Waals surface area contributed by atoms with Gasteiger partial charge in [-0.2, -0.15) is 13.2 Å². The fourth-order valence-electron chi connectivity index (χ4n) is 1.68. The lowest BCUT2D eigenvalue weighted by Crippen LogP contribution is -2.28. The van der Waals surface area contributed by atoms with E-state index in [9.17, 15) is 13.2 Å². The van der Waals surface area contributed by atoms with Crippen LogP contribution >= 0.6 is 0 Å². The maximum atomic E-state index is 12.4. The van der Waals surface area contributed by atoms with E-state index in [2.05, 4.69) is 6.92 Å². The van der Waals surface area contributed by atoms with Gasteiger partial charge in [0.05, 0.1) is 6.61 Å². The minimum atomic E-state index is -4.41. The van der Waals surface area contributed by atoms with Crippen molar-refractivity contribution in [1.82, 2.24) is 0 Å². The summed E-state index contributed by atoms with van der Waals surface area (Å²) in [5.74, 6) is 0.578. The molecule has 0 aliphatic heterocycles. The van der Waals surface area contributed by atoms with Crippen LogP contribution in [0.4, 0.5) is 13.2 Å². The second kappa shape index (κ2) is 7.38. The molecule has 0 spiro atoms. The van der Waals surface area contributed by atoms with Gasteiger partial charge in [0.15, 0.2) is 0 Å². The van der Waals surface area contributed by atoms with Crippen molar-refractivity contribution >= 4 is 0 Å². The van der Waals surface area contributed by atoms with Crippen molar-refractivity contribution in [3.63, 3.8) is 0 Å². The first-order valence-electron chi connectivity index (χ1n) is 6.50. The molecule has 0 aliphatic carbocycles. The van der Waals surface area contributed by atoms with E-state index >= 15 is 0 Å². The number of ether oxygens (including phenoxy) is 1. The largest absolute Gasteiger partial charge is 0.494 e. The molecule has 0 aliphatic rings. The SMILES string of the molecule is CCCCCCOc1ccc([C@H](N)C(F)(F)F)cc1. The van der Waals surface area contributed by atoms with Gasteiger partial charge in [0.1, 0.15) is 11.8 Å².